The third-order valence-corrected chi connectivity index (χ3v) is 3.92. The maximum atomic E-state index is 11.5. The van der Waals surface area contributed by atoms with Crippen LogP contribution in [0.1, 0.15) is 17.5 Å². The molecule has 0 bridgehead atoms. The van der Waals surface area contributed by atoms with Crippen molar-refractivity contribution in [2.24, 2.45) is 5.73 Å². The van der Waals surface area contributed by atoms with E-state index in [-0.39, 0.29) is 25.8 Å². The van der Waals surface area contributed by atoms with Crippen molar-refractivity contribution in [2.45, 2.75) is 31.3 Å². The van der Waals surface area contributed by atoms with Crippen molar-refractivity contribution in [1.29, 1.82) is 0 Å². The Hall–Kier alpha value is -3.23. The Morgan fingerprint density at radius 1 is 0.759 bits per heavy atom. The number of carbonyl (C=O) groups is 3. The lowest BCUT2D eigenvalue weighted by Gasteiger charge is -2.20. The summed E-state index contributed by atoms with van der Waals surface area (Å²) in [6.07, 6.45) is 0.531. The summed E-state index contributed by atoms with van der Waals surface area (Å²) < 4.78 is 0. The molecule has 0 aromatic heterocycles. The quantitative estimate of drug-likeness (QED) is 0.400. The first-order valence-corrected chi connectivity index (χ1v) is 9.04. The normalized spacial score (nSPS) is 12.2. The summed E-state index contributed by atoms with van der Waals surface area (Å²) in [6.45, 7) is 0.231. The van der Waals surface area contributed by atoms with Gasteiger partial charge in [-0.1, -0.05) is 60.7 Å². The second-order valence-corrected chi connectivity index (χ2v) is 6.26. The van der Waals surface area contributed by atoms with Gasteiger partial charge in [0.2, 0.25) is 0 Å². The van der Waals surface area contributed by atoms with Gasteiger partial charge in [0, 0.05) is 6.54 Å². The van der Waals surface area contributed by atoms with Gasteiger partial charge in [-0.2, -0.15) is 0 Å². The van der Waals surface area contributed by atoms with Crippen LogP contribution in [0.25, 0.3) is 0 Å². The van der Waals surface area contributed by atoms with Crippen molar-refractivity contribution in [3.63, 3.8) is 0 Å². The highest BCUT2D eigenvalue weighted by molar-refractivity contribution is 5.78. The molecule has 0 saturated heterocycles. The summed E-state index contributed by atoms with van der Waals surface area (Å²) >= 11 is 0. The number of rotatable bonds is 10. The molecule has 8 heteroatoms. The van der Waals surface area contributed by atoms with Crippen molar-refractivity contribution >= 4 is 17.9 Å². The number of hydrogen-bond donors (Lipinski definition) is 5. The molecule has 0 fully saturated rings. The molecule has 2 aromatic carbocycles. The van der Waals surface area contributed by atoms with Crippen molar-refractivity contribution in [2.75, 3.05) is 6.54 Å². The molecule has 0 radical (unpaired) electrons. The first kappa shape index (κ1) is 23.8. The van der Waals surface area contributed by atoms with Crippen LogP contribution in [0.3, 0.4) is 0 Å². The zero-order valence-electron chi connectivity index (χ0n) is 15.9. The summed E-state index contributed by atoms with van der Waals surface area (Å²) in [5, 5.41) is 29.3. The average molecular weight is 402 g/mol. The highest BCUT2D eigenvalue weighted by atomic mass is 16.4. The van der Waals surface area contributed by atoms with Gasteiger partial charge in [0.15, 0.2) is 0 Å². The predicted octanol–water partition coefficient (Wildman–Crippen LogP) is 1.39. The highest BCUT2D eigenvalue weighted by Gasteiger charge is 2.26. The molecule has 156 valence electrons. The molecule has 0 amide bonds. The molecule has 2 aromatic rings. The first-order chi connectivity index (χ1) is 13.8. The zero-order chi connectivity index (χ0) is 21.6. The van der Waals surface area contributed by atoms with E-state index in [9.17, 15) is 24.6 Å². The van der Waals surface area contributed by atoms with E-state index in [0.29, 0.717) is 0 Å². The second-order valence-electron chi connectivity index (χ2n) is 6.26. The number of carboxylic acids is 3. The fourth-order valence-corrected chi connectivity index (χ4v) is 2.50. The van der Waals surface area contributed by atoms with Gasteiger partial charge in [0.05, 0.1) is 6.42 Å². The fourth-order valence-electron chi connectivity index (χ4n) is 2.50. The van der Waals surface area contributed by atoms with Gasteiger partial charge in [-0.25, -0.2) is 0 Å². The molecular formula is C21H26N2O6. The standard InChI is InChI=1S/C18H19NO4.C3H7NO2/c20-17(21)15(11-13-7-3-1-4-8-13)19-16(18(22)23)12-14-9-5-2-6-10-14;4-2-1-3(5)6/h1-10,15-16,19H,11-12H2,(H,20,21)(H,22,23);1-2,4H2,(H,5,6)/t15-,16?;/m0./s1. The predicted molar refractivity (Wildman–Crippen MR) is 108 cm³/mol. The van der Waals surface area contributed by atoms with E-state index >= 15 is 0 Å². The lowest BCUT2D eigenvalue weighted by molar-refractivity contribution is -0.142. The SMILES string of the molecule is NCCC(=O)O.O=C(O)C(Cc1ccccc1)N[C@@H](Cc1ccccc1)C(=O)O. The Labute approximate surface area is 169 Å². The topological polar surface area (TPSA) is 150 Å². The summed E-state index contributed by atoms with van der Waals surface area (Å²) in [5.74, 6) is -2.96. The minimum atomic E-state index is -1.06. The Morgan fingerprint density at radius 3 is 1.38 bits per heavy atom. The monoisotopic (exact) mass is 402 g/mol. The van der Waals surface area contributed by atoms with Crippen LogP contribution in [-0.2, 0) is 27.2 Å². The van der Waals surface area contributed by atoms with Gasteiger partial charge in [-0.05, 0) is 24.0 Å². The maximum Gasteiger partial charge on any atom is 0.321 e. The molecular weight excluding hydrogens is 376 g/mol. The van der Waals surface area contributed by atoms with E-state index in [1.807, 2.05) is 60.7 Å². The Kier molecular flexibility index (Phi) is 10.7. The largest absolute Gasteiger partial charge is 0.481 e. The molecule has 0 spiro atoms. The zero-order valence-corrected chi connectivity index (χ0v) is 15.9. The number of hydrogen-bond acceptors (Lipinski definition) is 5. The van der Waals surface area contributed by atoms with Gasteiger partial charge in [0.1, 0.15) is 12.1 Å². The van der Waals surface area contributed by atoms with E-state index in [1.165, 1.54) is 0 Å². The van der Waals surface area contributed by atoms with Gasteiger partial charge in [0.25, 0.3) is 0 Å². The maximum absolute atomic E-state index is 11.5. The lowest BCUT2D eigenvalue weighted by atomic mass is 10.0. The minimum absolute atomic E-state index is 0.0694. The molecule has 29 heavy (non-hydrogen) atoms. The number of aliphatic carboxylic acids is 3. The number of benzene rings is 2. The number of carboxylic acid groups (broad SMARTS) is 3. The fraction of sp³-hybridized carbons (Fsp3) is 0.286. The first-order valence-electron chi connectivity index (χ1n) is 9.04. The van der Waals surface area contributed by atoms with E-state index in [0.717, 1.165) is 11.1 Å². The Balaban J connectivity index is 0.000000612. The molecule has 6 N–H and O–H groups in total. The van der Waals surface area contributed by atoms with Crippen molar-refractivity contribution in [1.82, 2.24) is 5.32 Å². The molecule has 0 aliphatic heterocycles. The highest BCUT2D eigenvalue weighted by Crippen LogP contribution is 2.08. The van der Waals surface area contributed by atoms with Gasteiger partial charge in [-0.15, -0.1) is 0 Å². The molecule has 0 aliphatic carbocycles. The third-order valence-electron chi connectivity index (χ3n) is 3.92. The van der Waals surface area contributed by atoms with Crippen molar-refractivity contribution < 1.29 is 29.7 Å². The van der Waals surface area contributed by atoms with Crippen LogP contribution in [0.4, 0.5) is 0 Å². The molecule has 0 aliphatic rings. The van der Waals surface area contributed by atoms with E-state index in [1.54, 1.807) is 0 Å². The Morgan fingerprint density at radius 2 is 1.14 bits per heavy atom. The van der Waals surface area contributed by atoms with Crippen LogP contribution in [0.2, 0.25) is 0 Å². The molecule has 2 rings (SSSR count). The number of nitrogens with one attached hydrogen (secondary N) is 1. The minimum Gasteiger partial charge on any atom is -0.481 e. The molecule has 2 atom stereocenters. The smallest absolute Gasteiger partial charge is 0.321 e. The summed E-state index contributed by atoms with van der Waals surface area (Å²) in [6, 6.07) is 16.4. The van der Waals surface area contributed by atoms with Crippen LogP contribution < -0.4 is 11.1 Å². The van der Waals surface area contributed by atoms with Crippen LogP contribution in [-0.4, -0.2) is 51.9 Å². The molecule has 8 nitrogen and oxygen atoms in total. The van der Waals surface area contributed by atoms with E-state index in [2.05, 4.69) is 5.32 Å². The van der Waals surface area contributed by atoms with E-state index in [4.69, 9.17) is 10.8 Å². The molecule has 0 saturated carbocycles. The van der Waals surface area contributed by atoms with Gasteiger partial charge in [-0.3, -0.25) is 19.7 Å². The Bertz CT molecular complexity index is 710. The summed E-state index contributed by atoms with van der Waals surface area (Å²) in [7, 11) is 0. The third kappa shape index (κ3) is 10.0. The molecule has 1 unspecified atom stereocenters. The second kappa shape index (κ2) is 13.0. The van der Waals surface area contributed by atoms with Gasteiger partial charge >= 0.3 is 17.9 Å². The van der Waals surface area contributed by atoms with Crippen molar-refractivity contribution in [3.8, 4) is 0 Å². The van der Waals surface area contributed by atoms with Crippen molar-refractivity contribution in [3.05, 3.63) is 71.8 Å². The lowest BCUT2D eigenvalue weighted by Crippen LogP contribution is -2.49. The van der Waals surface area contributed by atoms with Crippen LogP contribution in [0, 0.1) is 0 Å². The van der Waals surface area contributed by atoms with Crippen LogP contribution in [0.5, 0.6) is 0 Å². The van der Waals surface area contributed by atoms with Crippen LogP contribution >= 0.6 is 0 Å². The van der Waals surface area contributed by atoms with Crippen LogP contribution in [0.15, 0.2) is 60.7 Å². The van der Waals surface area contributed by atoms with Gasteiger partial charge < -0.3 is 21.1 Å². The van der Waals surface area contributed by atoms with E-state index < -0.39 is 30.0 Å². The number of nitrogens with two attached hydrogens (primary N) is 1. The molecule has 0 heterocycles. The average Bonchev–Trinajstić information content (AvgIpc) is 2.68. The summed E-state index contributed by atoms with van der Waals surface area (Å²) in [5.41, 5.74) is 6.54. The summed E-state index contributed by atoms with van der Waals surface area (Å²) in [4.78, 5) is 32.4.